The van der Waals surface area contributed by atoms with E-state index in [1.807, 2.05) is 0 Å². The van der Waals surface area contributed by atoms with Gasteiger partial charge in [0.25, 0.3) is 10.1 Å². The van der Waals surface area contributed by atoms with Crippen LogP contribution in [-0.4, -0.2) is 81.3 Å². The number of carbonyl (C=O) groups excluding carboxylic acids is 1. The Kier molecular flexibility index (Phi) is 16.4. The fourth-order valence-electron chi connectivity index (χ4n) is 3.05. The molecule has 0 heterocycles. The minimum absolute atomic E-state index is 0.242. The van der Waals surface area contributed by atoms with E-state index >= 15 is 0 Å². The van der Waals surface area contributed by atoms with Crippen molar-refractivity contribution in [3.8, 4) is 0 Å². The number of hydrogen-bond donors (Lipinski definition) is 7. The lowest BCUT2D eigenvalue weighted by Crippen LogP contribution is -2.45. The molecule has 0 aromatic carbocycles. The van der Waals surface area contributed by atoms with Gasteiger partial charge in [-0.1, -0.05) is 57.8 Å². The Bertz CT molecular complexity index is 544. The van der Waals surface area contributed by atoms with Crippen LogP contribution in [0.1, 0.15) is 77.0 Å². The van der Waals surface area contributed by atoms with Crippen LogP contribution in [0, 0.1) is 0 Å². The van der Waals surface area contributed by atoms with Crippen LogP contribution in [0.3, 0.4) is 0 Å². The third-order valence-electron chi connectivity index (χ3n) is 4.93. The first kappa shape index (κ1) is 29.2. The lowest BCUT2D eigenvalue weighted by atomic mass is 9.98. The van der Waals surface area contributed by atoms with Crippen molar-refractivity contribution in [1.82, 2.24) is 5.32 Å². The molecule has 0 rings (SSSR count). The molecule has 0 aliphatic heterocycles. The van der Waals surface area contributed by atoms with Gasteiger partial charge in [0, 0.05) is 6.42 Å². The summed E-state index contributed by atoms with van der Waals surface area (Å²) in [6.45, 7) is -0.683. The van der Waals surface area contributed by atoms with Crippen LogP contribution >= 0.6 is 0 Å². The summed E-state index contributed by atoms with van der Waals surface area (Å²) in [7, 11) is -4.17. The van der Waals surface area contributed by atoms with E-state index in [0.29, 0.717) is 19.3 Å². The molecule has 0 aromatic heterocycles. The first-order valence-electron chi connectivity index (χ1n) is 10.6. The summed E-state index contributed by atoms with van der Waals surface area (Å²) < 4.78 is 29.5. The number of nitrogens with one attached hydrogen (secondary N) is 1. The summed E-state index contributed by atoms with van der Waals surface area (Å²) in [5, 5.41) is 49.2. The van der Waals surface area contributed by atoms with Crippen molar-refractivity contribution < 1.29 is 43.3 Å². The van der Waals surface area contributed by atoms with Gasteiger partial charge in [-0.05, 0) is 12.8 Å². The molecule has 4 atom stereocenters. The Hall–Kier alpha value is -0.820. The van der Waals surface area contributed by atoms with Crippen molar-refractivity contribution in [3.05, 3.63) is 0 Å². The van der Waals surface area contributed by atoms with Crippen LogP contribution in [0.5, 0.6) is 0 Å². The maximum Gasteiger partial charge on any atom is 0.283 e. The molecule has 30 heavy (non-hydrogen) atoms. The summed E-state index contributed by atoms with van der Waals surface area (Å²) in [6, 6.07) is 0. The minimum Gasteiger partial charge on any atom is -0.394 e. The van der Waals surface area contributed by atoms with Gasteiger partial charge in [-0.3, -0.25) is 9.35 Å². The summed E-state index contributed by atoms with van der Waals surface area (Å²) in [6.07, 6.45) is 4.31. The van der Waals surface area contributed by atoms with Gasteiger partial charge in [-0.25, -0.2) is 0 Å². The van der Waals surface area contributed by atoms with Crippen LogP contribution in [0.25, 0.3) is 0 Å². The van der Waals surface area contributed by atoms with E-state index in [0.717, 1.165) is 51.4 Å². The van der Waals surface area contributed by atoms with Crippen molar-refractivity contribution in [3.63, 3.8) is 0 Å². The average molecular weight is 458 g/mol. The van der Waals surface area contributed by atoms with E-state index in [2.05, 4.69) is 5.32 Å². The summed E-state index contributed by atoms with van der Waals surface area (Å²) in [4.78, 5) is 11.4. The number of carbonyl (C=O) groups is 1. The highest BCUT2D eigenvalue weighted by Crippen LogP contribution is 2.15. The first-order valence-corrected chi connectivity index (χ1v) is 12.2. The van der Waals surface area contributed by atoms with Crippen molar-refractivity contribution in [1.29, 1.82) is 0 Å². The fourth-order valence-corrected chi connectivity index (χ4v) is 3.39. The van der Waals surface area contributed by atoms with Crippen LogP contribution in [0.4, 0.5) is 0 Å². The Morgan fingerprint density at radius 1 is 0.733 bits per heavy atom. The molecular formula is C19H39NO9S. The van der Waals surface area contributed by atoms with Crippen molar-refractivity contribution in [2.75, 3.05) is 12.5 Å². The Labute approximate surface area is 179 Å². The predicted octanol–water partition coefficient (Wildman–Crippen LogP) is 0.0650. The molecule has 0 fully saturated rings. The zero-order chi connectivity index (χ0) is 23.0. The Morgan fingerprint density at radius 3 is 1.63 bits per heavy atom. The van der Waals surface area contributed by atoms with Gasteiger partial charge in [0.2, 0.25) is 5.91 Å². The van der Waals surface area contributed by atoms with Gasteiger partial charge in [0.05, 0.1) is 12.7 Å². The molecular weight excluding hydrogens is 418 g/mol. The topological polar surface area (TPSA) is 185 Å². The van der Waals surface area contributed by atoms with E-state index in [4.69, 9.17) is 9.66 Å². The lowest BCUT2D eigenvalue weighted by Gasteiger charge is -2.25. The molecule has 0 spiro atoms. The van der Waals surface area contributed by atoms with Gasteiger partial charge in [0.15, 0.2) is 0 Å². The zero-order valence-corrected chi connectivity index (χ0v) is 18.3. The number of amides is 1. The monoisotopic (exact) mass is 457 g/mol. The van der Waals surface area contributed by atoms with Gasteiger partial charge >= 0.3 is 0 Å². The van der Waals surface area contributed by atoms with Crippen LogP contribution < -0.4 is 5.32 Å². The van der Waals surface area contributed by atoms with Gasteiger partial charge in [-0.2, -0.15) is 8.42 Å². The molecule has 0 saturated heterocycles. The molecule has 0 saturated carbocycles. The number of aliphatic hydroxyl groups excluding tert-OH is 5. The Balaban J connectivity index is 3.49. The summed E-state index contributed by atoms with van der Waals surface area (Å²) >= 11 is 0. The molecule has 180 valence electrons. The highest BCUT2D eigenvalue weighted by atomic mass is 32.2. The molecule has 0 bridgehead atoms. The second-order valence-electron chi connectivity index (χ2n) is 7.70. The predicted molar refractivity (Wildman–Crippen MR) is 111 cm³/mol. The highest BCUT2D eigenvalue weighted by molar-refractivity contribution is 7.85. The normalized spacial score (nSPS) is 16.1. The van der Waals surface area contributed by atoms with E-state index in [-0.39, 0.29) is 12.3 Å². The maximum atomic E-state index is 11.4. The SMILES string of the molecule is O=C(CCCCCCCCCCCC[C@H](O)[C@@H](O)[C@H](O)[C@H](O)CO)NCS(=O)(=O)O. The molecule has 0 radical (unpaired) electrons. The third-order valence-corrected chi connectivity index (χ3v) is 5.44. The second kappa shape index (κ2) is 16.8. The van der Waals surface area contributed by atoms with E-state index < -0.39 is 47.0 Å². The summed E-state index contributed by atoms with van der Waals surface area (Å²) in [5.41, 5.74) is 0. The molecule has 0 aromatic rings. The van der Waals surface area contributed by atoms with Gasteiger partial charge < -0.3 is 30.8 Å². The Morgan fingerprint density at radius 2 is 1.17 bits per heavy atom. The van der Waals surface area contributed by atoms with Crippen molar-refractivity contribution >= 4 is 16.0 Å². The highest BCUT2D eigenvalue weighted by Gasteiger charge is 2.29. The van der Waals surface area contributed by atoms with E-state index in [1.165, 1.54) is 0 Å². The molecule has 0 aliphatic carbocycles. The quantitative estimate of drug-likeness (QED) is 0.104. The number of aliphatic hydroxyl groups is 5. The van der Waals surface area contributed by atoms with Crippen LogP contribution in [0.15, 0.2) is 0 Å². The first-order chi connectivity index (χ1) is 14.1. The molecule has 1 amide bonds. The number of unbranched alkanes of at least 4 members (excludes halogenated alkanes) is 9. The lowest BCUT2D eigenvalue weighted by molar-refractivity contribution is -0.120. The van der Waals surface area contributed by atoms with Crippen LogP contribution in [-0.2, 0) is 14.9 Å². The standard InChI is InChI=1S/C19H39NO9S/c21-13-16(23)19(26)18(25)15(22)11-9-7-5-3-1-2-4-6-8-10-12-17(24)20-14-30(27,28)29/h15-16,18-19,21-23,25-26H,1-14H2,(H,20,24)(H,27,28,29)/t15-,16+,18+,19+/m0/s1. The van der Waals surface area contributed by atoms with Crippen molar-refractivity contribution in [2.45, 2.75) is 101 Å². The number of rotatable bonds is 19. The number of hydrogen-bond acceptors (Lipinski definition) is 8. The third kappa shape index (κ3) is 15.9. The average Bonchev–Trinajstić information content (AvgIpc) is 2.70. The van der Waals surface area contributed by atoms with Gasteiger partial charge in [0.1, 0.15) is 24.2 Å². The van der Waals surface area contributed by atoms with Crippen LogP contribution in [0.2, 0.25) is 0 Å². The molecule has 0 aliphatic rings. The maximum absolute atomic E-state index is 11.4. The molecule has 7 N–H and O–H groups in total. The van der Waals surface area contributed by atoms with E-state index in [9.17, 15) is 33.6 Å². The van der Waals surface area contributed by atoms with Gasteiger partial charge in [-0.15, -0.1) is 0 Å². The second-order valence-corrected chi connectivity index (χ2v) is 9.15. The molecule has 11 heteroatoms. The van der Waals surface area contributed by atoms with Crippen molar-refractivity contribution in [2.24, 2.45) is 0 Å². The summed E-state index contributed by atoms with van der Waals surface area (Å²) in [5.74, 6) is -1.13. The smallest absolute Gasteiger partial charge is 0.283 e. The minimum atomic E-state index is -4.17. The fraction of sp³-hybridized carbons (Fsp3) is 0.947. The van der Waals surface area contributed by atoms with E-state index in [1.54, 1.807) is 0 Å². The molecule has 10 nitrogen and oxygen atoms in total. The largest absolute Gasteiger partial charge is 0.394 e. The zero-order valence-electron chi connectivity index (χ0n) is 17.5. The molecule has 0 unspecified atom stereocenters.